The second-order valence-corrected chi connectivity index (χ2v) is 4.82. The molecule has 0 amide bonds. The number of carbonyl (C=O) groups excluding carboxylic acids is 1. The molecule has 2 rings (SSSR count). The maximum absolute atomic E-state index is 11.9. The van der Waals surface area contributed by atoms with Crippen molar-refractivity contribution in [2.45, 2.75) is 6.54 Å². The smallest absolute Gasteiger partial charge is 0.287 e. The van der Waals surface area contributed by atoms with Crippen molar-refractivity contribution in [3.8, 4) is 0 Å². The van der Waals surface area contributed by atoms with E-state index in [-0.39, 0.29) is 23.7 Å². The highest BCUT2D eigenvalue weighted by atomic mass is 32.1. The Morgan fingerprint density at radius 3 is 3.00 bits per heavy atom. The zero-order valence-electron chi connectivity index (χ0n) is 10.2. The van der Waals surface area contributed by atoms with Crippen LogP contribution in [0.2, 0.25) is 0 Å². The summed E-state index contributed by atoms with van der Waals surface area (Å²) in [5.41, 5.74) is 2.78. The average molecular weight is 280 g/mol. The molecule has 0 atom stereocenters. The monoisotopic (exact) mass is 280 g/mol. The van der Waals surface area contributed by atoms with Gasteiger partial charge in [-0.25, -0.2) is 4.98 Å². The maximum atomic E-state index is 11.9. The van der Waals surface area contributed by atoms with Crippen molar-refractivity contribution in [3.05, 3.63) is 44.7 Å². The molecule has 0 aromatic carbocycles. The Hall–Kier alpha value is -2.06. The molecule has 0 fully saturated rings. The van der Waals surface area contributed by atoms with Crippen LogP contribution in [-0.4, -0.2) is 39.2 Å². The molecule has 2 aromatic rings. The largest absolute Gasteiger partial charge is 0.353 e. The van der Waals surface area contributed by atoms with E-state index in [4.69, 9.17) is 0 Å². The summed E-state index contributed by atoms with van der Waals surface area (Å²) in [7, 11) is 1.80. The molecular formula is C11H12N4O3S. The van der Waals surface area contributed by atoms with Crippen molar-refractivity contribution in [3.63, 3.8) is 0 Å². The van der Waals surface area contributed by atoms with Crippen LogP contribution in [-0.2, 0) is 6.54 Å². The third kappa shape index (κ3) is 3.46. The molecule has 8 heteroatoms. The van der Waals surface area contributed by atoms with Crippen LogP contribution in [0.15, 0.2) is 23.2 Å². The fourth-order valence-electron chi connectivity index (χ4n) is 1.63. The van der Waals surface area contributed by atoms with Crippen molar-refractivity contribution >= 4 is 22.8 Å². The molecule has 0 unspecified atom stereocenters. The Morgan fingerprint density at radius 1 is 1.63 bits per heavy atom. The topological polar surface area (TPSA) is 92.1 Å². The predicted octanol–water partition coefficient (Wildman–Crippen LogP) is 1.69. The maximum Gasteiger partial charge on any atom is 0.287 e. The first-order valence-corrected chi connectivity index (χ1v) is 6.42. The van der Waals surface area contributed by atoms with Gasteiger partial charge in [-0.2, -0.15) is 0 Å². The van der Waals surface area contributed by atoms with E-state index in [1.54, 1.807) is 12.6 Å². The lowest BCUT2D eigenvalue weighted by Gasteiger charge is -2.13. The second kappa shape index (κ2) is 5.72. The first-order chi connectivity index (χ1) is 9.06. The van der Waals surface area contributed by atoms with Gasteiger partial charge in [-0.1, -0.05) is 0 Å². The van der Waals surface area contributed by atoms with Gasteiger partial charge in [0.25, 0.3) is 5.69 Å². The summed E-state index contributed by atoms with van der Waals surface area (Å²) in [5.74, 6) is -0.189. The molecule has 0 saturated carbocycles. The Labute approximate surface area is 113 Å². The number of aromatic amines is 1. The number of thiazole rings is 1. The third-order valence-corrected chi connectivity index (χ3v) is 3.14. The Bertz CT molecular complexity index is 579. The van der Waals surface area contributed by atoms with Gasteiger partial charge in [0, 0.05) is 18.0 Å². The molecule has 0 radical (unpaired) electrons. The summed E-state index contributed by atoms with van der Waals surface area (Å²) in [6.07, 6.45) is 1.22. The van der Waals surface area contributed by atoms with Gasteiger partial charge in [0.2, 0.25) is 0 Å². The van der Waals surface area contributed by atoms with E-state index >= 15 is 0 Å². The van der Waals surface area contributed by atoms with Gasteiger partial charge in [-0.15, -0.1) is 11.3 Å². The zero-order chi connectivity index (χ0) is 13.8. The highest BCUT2D eigenvalue weighted by molar-refractivity contribution is 7.07. The highest BCUT2D eigenvalue weighted by Crippen LogP contribution is 2.13. The summed E-state index contributed by atoms with van der Waals surface area (Å²) in [6, 6.07) is 1.25. The molecule has 0 spiro atoms. The van der Waals surface area contributed by atoms with Crippen LogP contribution in [0.5, 0.6) is 0 Å². The zero-order valence-corrected chi connectivity index (χ0v) is 11.0. The number of hydrogen-bond donors (Lipinski definition) is 1. The van der Waals surface area contributed by atoms with Crippen LogP contribution >= 0.6 is 11.3 Å². The van der Waals surface area contributed by atoms with E-state index in [2.05, 4.69) is 9.97 Å². The van der Waals surface area contributed by atoms with Gasteiger partial charge >= 0.3 is 0 Å². The van der Waals surface area contributed by atoms with E-state index in [1.165, 1.54) is 23.6 Å². The molecule has 0 aliphatic heterocycles. The van der Waals surface area contributed by atoms with Gasteiger partial charge in [0.1, 0.15) is 0 Å². The van der Waals surface area contributed by atoms with Crippen LogP contribution in [0.1, 0.15) is 16.2 Å². The van der Waals surface area contributed by atoms with E-state index in [0.717, 1.165) is 5.69 Å². The number of carbonyl (C=O) groups is 1. The van der Waals surface area contributed by atoms with Crippen molar-refractivity contribution < 1.29 is 9.72 Å². The summed E-state index contributed by atoms with van der Waals surface area (Å²) in [5, 5.41) is 12.4. The summed E-state index contributed by atoms with van der Waals surface area (Å²) >= 11 is 1.50. The minimum Gasteiger partial charge on any atom is -0.353 e. The van der Waals surface area contributed by atoms with Crippen molar-refractivity contribution in [1.82, 2.24) is 14.9 Å². The number of nitro groups is 1. The quantitative estimate of drug-likeness (QED) is 0.494. The standard InChI is InChI=1S/C11H12N4O3S/c1-14(4-8-6-19-7-13-8)5-11(16)10-2-9(3-12-10)15(17)18/h2-3,6-7,12H,4-5H2,1H3. The van der Waals surface area contributed by atoms with Crippen LogP contribution in [0, 0.1) is 10.1 Å². The van der Waals surface area contributed by atoms with Gasteiger partial charge in [0.15, 0.2) is 5.78 Å². The number of nitrogens with zero attached hydrogens (tertiary/aromatic N) is 3. The normalized spacial score (nSPS) is 10.8. The van der Waals surface area contributed by atoms with Gasteiger partial charge in [-0.3, -0.25) is 19.8 Å². The molecule has 1 N–H and O–H groups in total. The van der Waals surface area contributed by atoms with Crippen molar-refractivity contribution in [1.29, 1.82) is 0 Å². The second-order valence-electron chi connectivity index (χ2n) is 4.10. The molecule has 2 aromatic heterocycles. The molecular weight excluding hydrogens is 268 g/mol. The SMILES string of the molecule is CN(CC(=O)c1cc([N+](=O)[O-])c[nH]1)Cc1cscn1. The van der Waals surface area contributed by atoms with Gasteiger partial charge in [-0.05, 0) is 7.05 Å². The number of Topliss-reactive ketones (excluding diaryl/α,β-unsaturated/α-hetero) is 1. The molecule has 100 valence electrons. The molecule has 0 aliphatic carbocycles. The van der Waals surface area contributed by atoms with Crippen LogP contribution in [0.4, 0.5) is 5.69 Å². The Morgan fingerprint density at radius 2 is 2.42 bits per heavy atom. The lowest BCUT2D eigenvalue weighted by atomic mass is 10.2. The molecule has 7 nitrogen and oxygen atoms in total. The summed E-state index contributed by atoms with van der Waals surface area (Å²) in [4.78, 5) is 30.5. The van der Waals surface area contributed by atoms with E-state index < -0.39 is 4.92 Å². The van der Waals surface area contributed by atoms with Crippen molar-refractivity contribution in [2.75, 3.05) is 13.6 Å². The number of nitrogens with one attached hydrogen (secondary N) is 1. The van der Waals surface area contributed by atoms with Crippen LogP contribution < -0.4 is 0 Å². The lowest BCUT2D eigenvalue weighted by molar-refractivity contribution is -0.384. The molecule has 0 bridgehead atoms. The number of likely N-dealkylation sites (N-methyl/N-ethyl adjacent to an activating group) is 1. The third-order valence-electron chi connectivity index (χ3n) is 2.51. The highest BCUT2D eigenvalue weighted by Gasteiger charge is 2.16. The predicted molar refractivity (Wildman–Crippen MR) is 70.2 cm³/mol. The molecule has 19 heavy (non-hydrogen) atoms. The fourth-order valence-corrected chi connectivity index (χ4v) is 2.18. The number of rotatable bonds is 6. The number of ketones is 1. The number of hydrogen-bond acceptors (Lipinski definition) is 6. The Kier molecular flexibility index (Phi) is 4.03. The van der Waals surface area contributed by atoms with Gasteiger partial charge < -0.3 is 4.98 Å². The number of aromatic nitrogens is 2. The average Bonchev–Trinajstić information content (AvgIpc) is 2.98. The van der Waals surface area contributed by atoms with E-state index in [1.807, 2.05) is 10.3 Å². The molecule has 0 saturated heterocycles. The minimum atomic E-state index is -0.535. The summed E-state index contributed by atoms with van der Waals surface area (Å²) < 4.78 is 0. The van der Waals surface area contributed by atoms with Crippen LogP contribution in [0.3, 0.4) is 0 Å². The molecule has 2 heterocycles. The van der Waals surface area contributed by atoms with Gasteiger partial charge in [0.05, 0.1) is 34.6 Å². The van der Waals surface area contributed by atoms with E-state index in [9.17, 15) is 14.9 Å². The minimum absolute atomic E-state index is 0.106. The Balaban J connectivity index is 1.94. The summed E-state index contributed by atoms with van der Waals surface area (Å²) in [6.45, 7) is 0.743. The first kappa shape index (κ1) is 13.4. The first-order valence-electron chi connectivity index (χ1n) is 5.48. The van der Waals surface area contributed by atoms with Crippen LogP contribution in [0.25, 0.3) is 0 Å². The fraction of sp³-hybridized carbons (Fsp3) is 0.273. The van der Waals surface area contributed by atoms with Crippen molar-refractivity contribution in [2.24, 2.45) is 0 Å². The lowest BCUT2D eigenvalue weighted by Crippen LogP contribution is -2.25. The number of H-pyrrole nitrogens is 1. The molecule has 0 aliphatic rings. The van der Waals surface area contributed by atoms with E-state index in [0.29, 0.717) is 6.54 Å².